The molecule has 0 aliphatic heterocycles. The predicted molar refractivity (Wildman–Crippen MR) is 71.8 cm³/mol. The molecule has 0 aromatic heterocycles. The number of aliphatic hydroxyl groups excluding tert-OH is 1. The van der Waals surface area contributed by atoms with Crippen molar-refractivity contribution in [2.24, 2.45) is 5.92 Å². The summed E-state index contributed by atoms with van der Waals surface area (Å²) in [5, 5.41) is 12.7. The Morgan fingerprint density at radius 2 is 1.94 bits per heavy atom. The number of ether oxygens (including phenoxy) is 1. The van der Waals surface area contributed by atoms with Gasteiger partial charge in [0, 0.05) is 0 Å². The van der Waals surface area contributed by atoms with Crippen molar-refractivity contribution in [1.82, 2.24) is 0 Å². The lowest BCUT2D eigenvalue weighted by molar-refractivity contribution is 0.249. The maximum absolute atomic E-state index is 9.36. The number of methoxy groups -OCH3 is 1. The standard InChI is InChI=1S/C14H23NO2/c1-9(2)12(8-16)15-14-11(4)6-10(3)7-13(14)17-5/h6-7,9,12,15-16H,8H2,1-5H3. The highest BCUT2D eigenvalue weighted by Crippen LogP contribution is 2.30. The SMILES string of the molecule is COc1cc(C)cc(C)c1NC(CO)C(C)C. The van der Waals surface area contributed by atoms with Crippen LogP contribution in [0.1, 0.15) is 25.0 Å². The third kappa shape index (κ3) is 3.37. The zero-order valence-electron chi connectivity index (χ0n) is 11.4. The van der Waals surface area contributed by atoms with Gasteiger partial charge in [0.25, 0.3) is 0 Å². The van der Waals surface area contributed by atoms with E-state index >= 15 is 0 Å². The summed E-state index contributed by atoms with van der Waals surface area (Å²) >= 11 is 0. The van der Waals surface area contributed by atoms with Gasteiger partial charge in [0.05, 0.1) is 25.4 Å². The van der Waals surface area contributed by atoms with E-state index in [-0.39, 0.29) is 12.6 Å². The van der Waals surface area contributed by atoms with Crippen LogP contribution < -0.4 is 10.1 Å². The van der Waals surface area contributed by atoms with E-state index in [1.807, 2.05) is 19.9 Å². The molecule has 0 amide bonds. The molecule has 0 radical (unpaired) electrons. The van der Waals surface area contributed by atoms with Gasteiger partial charge in [-0.1, -0.05) is 19.9 Å². The molecule has 1 aromatic carbocycles. The molecule has 1 rings (SSSR count). The zero-order valence-corrected chi connectivity index (χ0v) is 11.4. The van der Waals surface area contributed by atoms with Gasteiger partial charge in [-0.15, -0.1) is 0 Å². The maximum Gasteiger partial charge on any atom is 0.142 e. The molecular weight excluding hydrogens is 214 g/mol. The quantitative estimate of drug-likeness (QED) is 0.827. The first-order valence-corrected chi connectivity index (χ1v) is 6.02. The fourth-order valence-electron chi connectivity index (χ4n) is 1.88. The molecule has 0 heterocycles. The Kier molecular flexibility index (Phi) is 4.82. The first-order chi connectivity index (χ1) is 7.99. The third-order valence-corrected chi connectivity index (χ3v) is 2.99. The normalized spacial score (nSPS) is 12.6. The average Bonchev–Trinajstić information content (AvgIpc) is 2.26. The number of nitrogens with one attached hydrogen (secondary N) is 1. The Morgan fingerprint density at radius 1 is 1.29 bits per heavy atom. The largest absolute Gasteiger partial charge is 0.495 e. The minimum absolute atomic E-state index is 0.0466. The van der Waals surface area contributed by atoms with Crippen LogP contribution in [0.4, 0.5) is 5.69 Å². The molecule has 96 valence electrons. The van der Waals surface area contributed by atoms with Gasteiger partial charge in [-0.25, -0.2) is 0 Å². The molecular formula is C14H23NO2. The van der Waals surface area contributed by atoms with E-state index in [1.54, 1.807) is 7.11 Å². The second-order valence-corrected chi connectivity index (χ2v) is 4.84. The predicted octanol–water partition coefficient (Wildman–Crippen LogP) is 2.74. The van der Waals surface area contributed by atoms with Crippen LogP contribution in [0.15, 0.2) is 12.1 Å². The Balaban J connectivity index is 3.04. The average molecular weight is 237 g/mol. The van der Waals surface area contributed by atoms with Crippen molar-refractivity contribution in [1.29, 1.82) is 0 Å². The van der Waals surface area contributed by atoms with Crippen LogP contribution in [0.2, 0.25) is 0 Å². The van der Waals surface area contributed by atoms with Gasteiger partial charge in [0.15, 0.2) is 0 Å². The van der Waals surface area contributed by atoms with Crippen LogP contribution >= 0.6 is 0 Å². The molecule has 3 heteroatoms. The Labute approximate surface area is 104 Å². The molecule has 17 heavy (non-hydrogen) atoms. The second-order valence-electron chi connectivity index (χ2n) is 4.84. The number of hydrogen-bond donors (Lipinski definition) is 2. The molecule has 0 aliphatic rings. The molecule has 0 saturated carbocycles. The van der Waals surface area contributed by atoms with Gasteiger partial charge in [-0.3, -0.25) is 0 Å². The number of rotatable bonds is 5. The molecule has 1 unspecified atom stereocenters. The Hall–Kier alpha value is -1.22. The first kappa shape index (κ1) is 13.8. The second kappa shape index (κ2) is 5.92. The van der Waals surface area contributed by atoms with Crippen molar-refractivity contribution in [2.45, 2.75) is 33.7 Å². The number of anilines is 1. The summed E-state index contributed by atoms with van der Waals surface area (Å²) in [6, 6.07) is 4.16. The van der Waals surface area contributed by atoms with Gasteiger partial charge in [0.1, 0.15) is 5.75 Å². The molecule has 1 atom stereocenters. The molecule has 0 aliphatic carbocycles. The maximum atomic E-state index is 9.36. The highest BCUT2D eigenvalue weighted by atomic mass is 16.5. The van der Waals surface area contributed by atoms with Crippen molar-refractivity contribution in [2.75, 3.05) is 19.0 Å². The molecule has 0 bridgehead atoms. The fraction of sp³-hybridized carbons (Fsp3) is 0.571. The van der Waals surface area contributed by atoms with E-state index < -0.39 is 0 Å². The summed E-state index contributed by atoms with van der Waals surface area (Å²) in [7, 11) is 1.67. The highest BCUT2D eigenvalue weighted by Gasteiger charge is 2.15. The van der Waals surface area contributed by atoms with E-state index in [0.717, 1.165) is 17.0 Å². The molecule has 0 fully saturated rings. The molecule has 0 spiro atoms. The van der Waals surface area contributed by atoms with Crippen LogP contribution in [0, 0.1) is 19.8 Å². The number of aliphatic hydroxyl groups is 1. The van der Waals surface area contributed by atoms with Gasteiger partial charge >= 0.3 is 0 Å². The van der Waals surface area contributed by atoms with Crippen molar-refractivity contribution >= 4 is 5.69 Å². The van der Waals surface area contributed by atoms with E-state index in [4.69, 9.17) is 4.74 Å². The van der Waals surface area contributed by atoms with Gasteiger partial charge in [0.2, 0.25) is 0 Å². The summed E-state index contributed by atoms with van der Waals surface area (Å²) in [5.41, 5.74) is 3.29. The van der Waals surface area contributed by atoms with Gasteiger partial charge < -0.3 is 15.2 Å². The van der Waals surface area contributed by atoms with Crippen molar-refractivity contribution < 1.29 is 9.84 Å². The van der Waals surface area contributed by atoms with Crippen LogP contribution in [0.5, 0.6) is 5.75 Å². The van der Waals surface area contributed by atoms with E-state index in [1.165, 1.54) is 5.56 Å². The van der Waals surface area contributed by atoms with Crippen molar-refractivity contribution in [3.8, 4) is 5.75 Å². The zero-order chi connectivity index (χ0) is 13.0. The Bertz CT molecular complexity index is 375. The Morgan fingerprint density at radius 3 is 2.41 bits per heavy atom. The summed E-state index contributed by atoms with van der Waals surface area (Å²) in [6.45, 7) is 8.39. The van der Waals surface area contributed by atoms with Gasteiger partial charge in [-0.2, -0.15) is 0 Å². The van der Waals surface area contributed by atoms with Crippen molar-refractivity contribution in [3.63, 3.8) is 0 Å². The molecule has 1 aromatic rings. The number of aryl methyl sites for hydroxylation is 2. The summed E-state index contributed by atoms with van der Waals surface area (Å²) in [5.74, 6) is 1.20. The van der Waals surface area contributed by atoms with Gasteiger partial charge in [-0.05, 0) is 37.0 Å². The molecule has 0 saturated heterocycles. The van der Waals surface area contributed by atoms with E-state index in [0.29, 0.717) is 5.92 Å². The highest BCUT2D eigenvalue weighted by molar-refractivity contribution is 5.63. The third-order valence-electron chi connectivity index (χ3n) is 2.99. The van der Waals surface area contributed by atoms with Crippen LogP contribution in [0.25, 0.3) is 0 Å². The van der Waals surface area contributed by atoms with Crippen molar-refractivity contribution in [3.05, 3.63) is 23.3 Å². The summed E-state index contributed by atoms with van der Waals surface area (Å²) in [6.07, 6.45) is 0. The van der Waals surface area contributed by atoms with Crippen LogP contribution in [-0.2, 0) is 0 Å². The summed E-state index contributed by atoms with van der Waals surface area (Å²) < 4.78 is 5.39. The van der Waals surface area contributed by atoms with Crippen LogP contribution in [0.3, 0.4) is 0 Å². The lowest BCUT2D eigenvalue weighted by Crippen LogP contribution is -2.30. The number of benzene rings is 1. The van der Waals surface area contributed by atoms with E-state index in [2.05, 4.69) is 25.2 Å². The first-order valence-electron chi connectivity index (χ1n) is 6.02. The smallest absolute Gasteiger partial charge is 0.142 e. The monoisotopic (exact) mass is 237 g/mol. The number of hydrogen-bond acceptors (Lipinski definition) is 3. The minimum atomic E-state index is 0.0466. The topological polar surface area (TPSA) is 41.5 Å². The van der Waals surface area contributed by atoms with Crippen LogP contribution in [-0.4, -0.2) is 24.9 Å². The molecule has 2 N–H and O–H groups in total. The molecule has 3 nitrogen and oxygen atoms in total. The fourth-order valence-corrected chi connectivity index (χ4v) is 1.88. The minimum Gasteiger partial charge on any atom is -0.495 e. The lowest BCUT2D eigenvalue weighted by atomic mass is 10.0. The summed E-state index contributed by atoms with van der Waals surface area (Å²) in [4.78, 5) is 0. The lowest BCUT2D eigenvalue weighted by Gasteiger charge is -2.24. The van der Waals surface area contributed by atoms with E-state index in [9.17, 15) is 5.11 Å².